The standard InChI is InChI=1S/C49H97N3O4/c1-6-10-12-14-16-18-20-22-24-26-28-30-32-34-36-38-44-54-46-48(47-56-49(53)50-40-41-51(5)42-43-52(8-3)9-4)55-45-39-37-35-33-31-29-27-25-23-21-19-17-15-13-11-7-2/h22-25,48H,6-21,26-47H2,1-5H3,(H,50,53). The van der Waals surface area contributed by atoms with Crippen molar-refractivity contribution in [3.8, 4) is 0 Å². The maximum absolute atomic E-state index is 12.5. The van der Waals surface area contributed by atoms with E-state index in [2.05, 4.69) is 74.2 Å². The van der Waals surface area contributed by atoms with Crippen LogP contribution in [0.25, 0.3) is 0 Å². The minimum absolute atomic E-state index is 0.226. The fraction of sp³-hybridized carbons (Fsp3) is 0.898. The first-order valence-electron chi connectivity index (χ1n) is 24.4. The second-order valence-corrected chi connectivity index (χ2v) is 16.3. The lowest BCUT2D eigenvalue weighted by molar-refractivity contribution is -0.0468. The quantitative estimate of drug-likeness (QED) is 0.0489. The van der Waals surface area contributed by atoms with Crippen molar-refractivity contribution in [1.82, 2.24) is 15.1 Å². The van der Waals surface area contributed by atoms with Crippen molar-refractivity contribution >= 4 is 6.09 Å². The molecule has 0 rings (SSSR count). The number of nitrogens with one attached hydrogen (secondary N) is 1. The summed E-state index contributed by atoms with van der Waals surface area (Å²) >= 11 is 0. The summed E-state index contributed by atoms with van der Waals surface area (Å²) in [5, 5.41) is 2.92. The van der Waals surface area contributed by atoms with E-state index in [0.29, 0.717) is 19.8 Å². The predicted molar refractivity (Wildman–Crippen MR) is 244 cm³/mol. The summed E-state index contributed by atoms with van der Waals surface area (Å²) in [4.78, 5) is 17.2. The first kappa shape index (κ1) is 54.6. The van der Waals surface area contributed by atoms with Crippen LogP contribution >= 0.6 is 0 Å². The Balaban J connectivity index is 4.20. The monoisotopic (exact) mass is 792 g/mol. The highest BCUT2D eigenvalue weighted by molar-refractivity contribution is 5.67. The van der Waals surface area contributed by atoms with Gasteiger partial charge in [-0.25, -0.2) is 4.79 Å². The van der Waals surface area contributed by atoms with Crippen LogP contribution in [0.1, 0.15) is 207 Å². The molecule has 1 N–H and O–H groups in total. The van der Waals surface area contributed by atoms with Gasteiger partial charge in [0, 0.05) is 39.4 Å². The molecular weight excluding hydrogens is 695 g/mol. The normalized spacial score (nSPS) is 12.6. The number of carbonyl (C=O) groups is 1. The molecule has 0 aromatic carbocycles. The Bertz CT molecular complexity index is 834. The number of hydrogen-bond acceptors (Lipinski definition) is 6. The highest BCUT2D eigenvalue weighted by Gasteiger charge is 2.14. The second-order valence-electron chi connectivity index (χ2n) is 16.3. The molecule has 0 aliphatic rings. The number of allylic oxidation sites excluding steroid dienone is 4. The first-order valence-corrected chi connectivity index (χ1v) is 24.4. The number of nitrogens with zero attached hydrogens (tertiary/aromatic N) is 2. The summed E-state index contributed by atoms with van der Waals surface area (Å²) in [6, 6.07) is 0. The van der Waals surface area contributed by atoms with Crippen LogP contribution in [-0.2, 0) is 14.2 Å². The summed E-state index contributed by atoms with van der Waals surface area (Å²) in [5.41, 5.74) is 0. The average molecular weight is 792 g/mol. The highest BCUT2D eigenvalue weighted by Crippen LogP contribution is 2.12. The number of hydrogen-bond donors (Lipinski definition) is 1. The van der Waals surface area contributed by atoms with E-state index in [1.807, 2.05) is 0 Å². The third-order valence-electron chi connectivity index (χ3n) is 11.0. The number of ether oxygens (including phenoxy) is 3. The van der Waals surface area contributed by atoms with Crippen LogP contribution in [0.5, 0.6) is 0 Å². The topological polar surface area (TPSA) is 63.3 Å². The summed E-state index contributed by atoms with van der Waals surface area (Å²) in [6.45, 7) is 16.6. The molecule has 0 saturated heterocycles. The molecule has 0 aromatic rings. The molecule has 0 saturated carbocycles. The largest absolute Gasteiger partial charge is 0.447 e. The molecule has 0 fully saturated rings. The van der Waals surface area contributed by atoms with E-state index in [1.165, 1.54) is 167 Å². The molecule has 7 nitrogen and oxygen atoms in total. The lowest BCUT2D eigenvalue weighted by Gasteiger charge is -2.23. The van der Waals surface area contributed by atoms with Gasteiger partial charge in [-0.2, -0.15) is 0 Å². The van der Waals surface area contributed by atoms with Gasteiger partial charge >= 0.3 is 6.09 Å². The number of amides is 1. The lowest BCUT2D eigenvalue weighted by Crippen LogP contribution is -2.38. The number of carbonyl (C=O) groups excluding carboxylic acids is 1. The van der Waals surface area contributed by atoms with Gasteiger partial charge in [-0.3, -0.25) is 0 Å². The molecule has 0 aliphatic heterocycles. The van der Waals surface area contributed by atoms with Crippen molar-refractivity contribution in [2.45, 2.75) is 214 Å². The third-order valence-corrected chi connectivity index (χ3v) is 11.0. The Morgan fingerprint density at radius 3 is 1.41 bits per heavy atom. The van der Waals surface area contributed by atoms with Crippen molar-refractivity contribution in [1.29, 1.82) is 0 Å². The van der Waals surface area contributed by atoms with Gasteiger partial charge in [-0.15, -0.1) is 0 Å². The molecule has 332 valence electrons. The Morgan fingerprint density at radius 1 is 0.518 bits per heavy atom. The van der Waals surface area contributed by atoms with Gasteiger partial charge in [0.2, 0.25) is 0 Å². The Hall–Kier alpha value is -1.41. The molecule has 0 spiro atoms. The molecule has 0 aliphatic carbocycles. The van der Waals surface area contributed by atoms with Crippen LogP contribution < -0.4 is 5.32 Å². The Morgan fingerprint density at radius 2 is 0.946 bits per heavy atom. The molecular formula is C49H97N3O4. The summed E-state index contributed by atoms with van der Waals surface area (Å²) in [7, 11) is 2.10. The number of rotatable bonds is 45. The van der Waals surface area contributed by atoms with Crippen molar-refractivity contribution in [2.24, 2.45) is 0 Å². The third kappa shape index (κ3) is 42.2. The van der Waals surface area contributed by atoms with Crippen LogP contribution in [0, 0.1) is 0 Å². The smallest absolute Gasteiger partial charge is 0.407 e. The van der Waals surface area contributed by atoms with Gasteiger partial charge in [0.05, 0.1) is 6.61 Å². The average Bonchev–Trinajstić information content (AvgIpc) is 3.20. The maximum atomic E-state index is 12.5. The van der Waals surface area contributed by atoms with Crippen molar-refractivity contribution in [3.63, 3.8) is 0 Å². The number of unbranched alkanes of at least 4 members (excludes halogenated alkanes) is 24. The molecule has 1 amide bonds. The van der Waals surface area contributed by atoms with Crippen LogP contribution in [-0.4, -0.2) is 94.7 Å². The zero-order valence-corrected chi connectivity index (χ0v) is 38.3. The summed E-state index contributed by atoms with van der Waals surface area (Å²) < 4.78 is 17.8. The molecule has 0 bridgehead atoms. The SMILES string of the molecule is CCCCCCCCC=CCCCCCCCCOCC(COC(=O)NCCN(C)CCN(CC)CC)OCCCCCCCCC=CCCCCCCCC. The van der Waals surface area contributed by atoms with Gasteiger partial charge in [-0.1, -0.05) is 168 Å². The van der Waals surface area contributed by atoms with E-state index in [4.69, 9.17) is 14.2 Å². The predicted octanol–water partition coefficient (Wildman–Crippen LogP) is 13.5. The first-order chi connectivity index (χ1) is 27.6. The van der Waals surface area contributed by atoms with Crippen LogP contribution in [0.3, 0.4) is 0 Å². The summed E-state index contributed by atoms with van der Waals surface area (Å²) in [6.07, 6.45) is 45.4. The molecule has 0 aromatic heterocycles. The maximum Gasteiger partial charge on any atom is 0.407 e. The summed E-state index contributed by atoms with van der Waals surface area (Å²) in [5.74, 6) is 0. The van der Waals surface area contributed by atoms with E-state index < -0.39 is 0 Å². The van der Waals surface area contributed by atoms with Crippen LogP contribution in [0.4, 0.5) is 4.79 Å². The zero-order valence-electron chi connectivity index (χ0n) is 38.3. The fourth-order valence-electron chi connectivity index (χ4n) is 6.94. The molecule has 1 unspecified atom stereocenters. The zero-order chi connectivity index (χ0) is 40.8. The van der Waals surface area contributed by atoms with Crippen LogP contribution in [0.2, 0.25) is 0 Å². The molecule has 0 heterocycles. The molecule has 56 heavy (non-hydrogen) atoms. The van der Waals surface area contributed by atoms with Gasteiger partial charge in [0.25, 0.3) is 0 Å². The second kappa shape index (κ2) is 46.3. The van der Waals surface area contributed by atoms with Gasteiger partial charge in [0.1, 0.15) is 12.7 Å². The fourth-order valence-corrected chi connectivity index (χ4v) is 6.94. The molecule has 0 radical (unpaired) electrons. The van der Waals surface area contributed by atoms with Crippen LogP contribution in [0.15, 0.2) is 24.3 Å². The van der Waals surface area contributed by atoms with Gasteiger partial charge in [0.15, 0.2) is 0 Å². The van der Waals surface area contributed by atoms with E-state index >= 15 is 0 Å². The number of likely N-dealkylation sites (N-methyl/N-ethyl adjacent to an activating group) is 2. The molecule has 7 heteroatoms. The Kier molecular flexibility index (Phi) is 45.1. The van der Waals surface area contributed by atoms with Crippen molar-refractivity contribution in [3.05, 3.63) is 24.3 Å². The van der Waals surface area contributed by atoms with Crippen molar-refractivity contribution in [2.75, 3.05) is 72.7 Å². The van der Waals surface area contributed by atoms with Gasteiger partial charge < -0.3 is 29.3 Å². The minimum atomic E-state index is -0.374. The number of alkyl carbamates (subject to hydrolysis) is 1. The van der Waals surface area contributed by atoms with E-state index in [9.17, 15) is 4.79 Å². The molecule has 1 atom stereocenters. The van der Waals surface area contributed by atoms with E-state index in [-0.39, 0.29) is 18.8 Å². The lowest BCUT2D eigenvalue weighted by atomic mass is 10.1. The van der Waals surface area contributed by atoms with E-state index in [1.54, 1.807) is 0 Å². The highest BCUT2D eigenvalue weighted by atomic mass is 16.6. The van der Waals surface area contributed by atoms with Crippen molar-refractivity contribution < 1.29 is 19.0 Å². The minimum Gasteiger partial charge on any atom is -0.447 e. The van der Waals surface area contributed by atoms with Gasteiger partial charge in [-0.05, 0) is 84.3 Å². The Labute approximate surface area is 349 Å². The van der Waals surface area contributed by atoms with E-state index in [0.717, 1.165) is 52.2 Å².